The van der Waals surface area contributed by atoms with E-state index in [1.165, 1.54) is 12.1 Å². The molecule has 4 aromatic carbocycles. The zero-order valence-electron chi connectivity index (χ0n) is 31.4. The molecule has 0 fully saturated rings. The Kier molecular flexibility index (Phi) is 12.2. The fraction of sp³-hybridized carbons (Fsp3) is 0.143. The summed E-state index contributed by atoms with van der Waals surface area (Å²) in [5, 5.41) is 23.7. The van der Waals surface area contributed by atoms with Crippen LogP contribution in [0.3, 0.4) is 0 Å². The maximum atomic E-state index is 12.7. The van der Waals surface area contributed by atoms with Crippen molar-refractivity contribution in [2.24, 2.45) is 11.5 Å². The van der Waals surface area contributed by atoms with Gasteiger partial charge in [0.15, 0.2) is 0 Å². The lowest BCUT2D eigenvalue weighted by atomic mass is 9.95. The molecule has 6 aromatic rings. The lowest BCUT2D eigenvalue weighted by Crippen LogP contribution is -2.14. The summed E-state index contributed by atoms with van der Waals surface area (Å²) in [6.07, 6.45) is 7.75. The summed E-state index contributed by atoms with van der Waals surface area (Å²) in [6.45, 7) is 0.0733. The van der Waals surface area contributed by atoms with Crippen LogP contribution in [0.5, 0.6) is 23.0 Å². The van der Waals surface area contributed by atoms with Crippen molar-refractivity contribution in [3.63, 3.8) is 0 Å². The number of benzene rings is 4. The quantitative estimate of drug-likeness (QED) is 0.0388. The first-order valence-electron chi connectivity index (χ1n) is 17.7. The first-order valence-corrected chi connectivity index (χ1v) is 17.7. The molecule has 0 saturated carbocycles. The van der Waals surface area contributed by atoms with Crippen molar-refractivity contribution in [3.05, 3.63) is 163 Å². The fourth-order valence-electron chi connectivity index (χ4n) is 6.37. The number of nitrogens with two attached hydrogens (primary N) is 2. The Balaban J connectivity index is 1.28. The van der Waals surface area contributed by atoms with Crippen LogP contribution in [-0.2, 0) is 26.1 Å². The molecule has 0 saturated heterocycles. The third kappa shape index (κ3) is 8.97. The first kappa shape index (κ1) is 39.8. The highest BCUT2D eigenvalue weighted by Gasteiger charge is 2.26. The number of carbonyl (C=O) groups excluding carboxylic acids is 2. The summed E-state index contributed by atoms with van der Waals surface area (Å²) in [7, 11) is 3.10. The Labute approximate surface area is 331 Å². The van der Waals surface area contributed by atoms with Gasteiger partial charge in [0.1, 0.15) is 36.2 Å². The lowest BCUT2D eigenvalue weighted by Gasteiger charge is -2.16. The van der Waals surface area contributed by atoms with E-state index in [1.54, 1.807) is 87.3 Å². The molecule has 6 rings (SSSR count). The highest BCUT2D eigenvalue weighted by atomic mass is 16.6. The van der Waals surface area contributed by atoms with Crippen LogP contribution >= 0.6 is 0 Å². The number of nitro groups is 2. The predicted molar refractivity (Wildman–Crippen MR) is 214 cm³/mol. The van der Waals surface area contributed by atoms with E-state index in [2.05, 4.69) is 9.97 Å². The summed E-state index contributed by atoms with van der Waals surface area (Å²) < 4.78 is 22.7. The number of aromatic amines is 2. The van der Waals surface area contributed by atoms with Crippen LogP contribution in [0.1, 0.15) is 43.2 Å². The molecule has 0 unspecified atom stereocenters. The monoisotopic (exact) mass is 786 g/mol. The van der Waals surface area contributed by atoms with Crippen molar-refractivity contribution in [3.8, 4) is 45.3 Å². The van der Waals surface area contributed by atoms with E-state index >= 15 is 0 Å². The van der Waals surface area contributed by atoms with Crippen molar-refractivity contribution < 1.29 is 38.4 Å². The topological polar surface area (TPSA) is 241 Å². The van der Waals surface area contributed by atoms with E-state index < -0.39 is 21.7 Å². The Morgan fingerprint density at radius 1 is 0.621 bits per heavy atom. The molecule has 0 atom stereocenters. The van der Waals surface area contributed by atoms with Crippen LogP contribution in [-0.4, -0.2) is 45.8 Å². The van der Waals surface area contributed by atoms with E-state index in [4.69, 9.17) is 30.4 Å². The van der Waals surface area contributed by atoms with E-state index in [9.17, 15) is 29.8 Å². The van der Waals surface area contributed by atoms with Crippen molar-refractivity contribution >= 4 is 23.2 Å². The van der Waals surface area contributed by atoms with Gasteiger partial charge in [-0.25, -0.2) is 0 Å². The molecule has 16 heteroatoms. The number of rotatable bonds is 18. The van der Waals surface area contributed by atoms with Crippen LogP contribution in [0.4, 0.5) is 11.4 Å². The molecule has 0 aliphatic heterocycles. The highest BCUT2D eigenvalue weighted by Crippen LogP contribution is 2.41. The van der Waals surface area contributed by atoms with E-state index in [-0.39, 0.29) is 47.2 Å². The van der Waals surface area contributed by atoms with Gasteiger partial charge in [-0.3, -0.25) is 29.8 Å². The number of H-pyrrole nitrogens is 2. The number of aromatic nitrogens is 2. The number of non-ortho nitro benzene ring substituents is 2. The van der Waals surface area contributed by atoms with Crippen molar-refractivity contribution in [2.75, 3.05) is 14.2 Å². The Hall–Kier alpha value is -7.88. The fourth-order valence-corrected chi connectivity index (χ4v) is 6.37. The van der Waals surface area contributed by atoms with Gasteiger partial charge in [-0.05, 0) is 47.5 Å². The van der Waals surface area contributed by atoms with Gasteiger partial charge < -0.3 is 40.4 Å². The number of methoxy groups -OCH3 is 2. The summed E-state index contributed by atoms with van der Waals surface area (Å²) in [5.41, 5.74) is 15.2. The van der Waals surface area contributed by atoms with Gasteiger partial charge in [-0.1, -0.05) is 36.4 Å². The molecule has 0 spiro atoms. The maximum absolute atomic E-state index is 12.7. The lowest BCUT2D eigenvalue weighted by molar-refractivity contribution is -0.385. The molecule has 6 N–H and O–H groups in total. The molecule has 2 amide bonds. The smallest absolute Gasteiger partial charge is 0.273 e. The number of amides is 2. The normalized spacial score (nSPS) is 11.0. The highest BCUT2D eigenvalue weighted by molar-refractivity contribution is 6.03. The van der Waals surface area contributed by atoms with E-state index in [0.29, 0.717) is 58.0 Å². The minimum absolute atomic E-state index is 0.0367. The van der Waals surface area contributed by atoms with Gasteiger partial charge in [0.25, 0.3) is 11.4 Å². The number of carbonyl (C=O) groups is 2. The number of hydrogen-bond donors (Lipinski definition) is 4. The summed E-state index contributed by atoms with van der Waals surface area (Å²) >= 11 is 0. The van der Waals surface area contributed by atoms with E-state index in [1.807, 2.05) is 12.2 Å². The molecule has 0 aliphatic carbocycles. The van der Waals surface area contributed by atoms with Crippen LogP contribution < -0.4 is 30.4 Å². The average Bonchev–Trinajstić information content (AvgIpc) is 3.89. The number of nitro benzene ring substituents is 2. The SMILES string of the molecule is COc1ccc(COc2cc([N+](=O)[O-])cc(C(N)=O)c2-c2cc[nH]c2CC=CCc2[nH]ccc2-c2c(OCc3ccc(OC)cc3)cc([N+](=O)[O-])cc2C(N)=O)cc1. The van der Waals surface area contributed by atoms with Gasteiger partial charge in [0.05, 0.1) is 47.3 Å². The zero-order chi connectivity index (χ0) is 41.3. The molecule has 2 heterocycles. The molecule has 16 nitrogen and oxygen atoms in total. The average molecular weight is 787 g/mol. The Morgan fingerprint density at radius 3 is 1.33 bits per heavy atom. The maximum Gasteiger partial charge on any atom is 0.273 e. The number of allylic oxidation sites excluding steroid dienone is 2. The second-order valence-corrected chi connectivity index (χ2v) is 12.9. The Morgan fingerprint density at radius 2 is 1.00 bits per heavy atom. The molecule has 2 aromatic heterocycles. The first-order chi connectivity index (χ1) is 28.0. The van der Waals surface area contributed by atoms with Crippen LogP contribution in [0.25, 0.3) is 22.3 Å². The van der Waals surface area contributed by atoms with Gasteiger partial charge in [0.2, 0.25) is 11.8 Å². The number of ether oxygens (including phenoxy) is 4. The van der Waals surface area contributed by atoms with Gasteiger partial charge in [0, 0.05) is 71.0 Å². The summed E-state index contributed by atoms with van der Waals surface area (Å²) in [4.78, 5) is 54.3. The number of nitrogens with zero attached hydrogens (tertiary/aromatic N) is 2. The minimum Gasteiger partial charge on any atom is -0.497 e. The van der Waals surface area contributed by atoms with Gasteiger partial charge >= 0.3 is 0 Å². The van der Waals surface area contributed by atoms with Crippen LogP contribution in [0.2, 0.25) is 0 Å². The molecular formula is C42H38N6O10. The molecule has 0 aliphatic rings. The zero-order valence-corrected chi connectivity index (χ0v) is 31.4. The Bertz CT molecular complexity index is 2330. The minimum atomic E-state index is -0.871. The second kappa shape index (κ2) is 17.7. The van der Waals surface area contributed by atoms with Crippen molar-refractivity contribution in [1.82, 2.24) is 9.97 Å². The number of hydrogen-bond acceptors (Lipinski definition) is 10. The van der Waals surface area contributed by atoms with Crippen LogP contribution in [0.15, 0.2) is 109 Å². The van der Waals surface area contributed by atoms with Gasteiger partial charge in [-0.15, -0.1) is 0 Å². The summed E-state index contributed by atoms with van der Waals surface area (Å²) in [6, 6.07) is 22.4. The molecule has 296 valence electrons. The summed E-state index contributed by atoms with van der Waals surface area (Å²) in [5.74, 6) is -0.256. The molecule has 0 radical (unpaired) electrons. The van der Waals surface area contributed by atoms with Crippen molar-refractivity contribution in [1.29, 1.82) is 0 Å². The third-order valence-corrected chi connectivity index (χ3v) is 9.25. The standard InChI is InChI=1S/C42H38N6O10/c1-55-29-11-7-25(8-12-29)23-57-37-21-27(47(51)52)19-33(41(43)49)39(37)31-15-17-45-35(31)5-3-4-6-36-32(16-18-46-36)40-34(42(44)50)20-28(48(53)54)22-38(40)58-24-26-9-13-30(56-2)14-10-26/h3-4,7-22,45-46H,5-6,23-24H2,1-2H3,(H2,43,49)(H2,44,50). The largest absolute Gasteiger partial charge is 0.497 e. The number of primary amides is 2. The number of nitrogens with one attached hydrogen (secondary N) is 2. The van der Waals surface area contributed by atoms with Crippen molar-refractivity contribution in [2.45, 2.75) is 26.1 Å². The molecule has 58 heavy (non-hydrogen) atoms. The second-order valence-electron chi connectivity index (χ2n) is 12.9. The predicted octanol–water partition coefficient (Wildman–Crippen LogP) is 7.21. The molecule has 0 bridgehead atoms. The third-order valence-electron chi connectivity index (χ3n) is 9.25. The molecular weight excluding hydrogens is 748 g/mol. The van der Waals surface area contributed by atoms with Gasteiger partial charge in [-0.2, -0.15) is 0 Å². The van der Waals surface area contributed by atoms with Crippen LogP contribution in [0, 0.1) is 20.2 Å². The van der Waals surface area contributed by atoms with E-state index in [0.717, 1.165) is 23.3 Å².